The fraction of sp³-hybridized carbons (Fsp3) is 0.115. The third-order valence-electron chi connectivity index (χ3n) is 5.36. The number of anilines is 1. The summed E-state index contributed by atoms with van der Waals surface area (Å²) in [4.78, 5) is 20.7. The molecule has 4 aromatic rings. The SMILES string of the molecule is O=C(NCc1cccnc1)Nc1ccc(-c2cn(SC3C=CC=NC3)c3ccccc23)cc1. The Kier molecular flexibility index (Phi) is 6.21. The van der Waals surface area contributed by atoms with Crippen LogP contribution in [-0.2, 0) is 6.54 Å². The Morgan fingerprint density at radius 1 is 1.09 bits per heavy atom. The van der Waals surface area contributed by atoms with Crippen LogP contribution >= 0.6 is 11.9 Å². The first-order valence-electron chi connectivity index (χ1n) is 10.7. The van der Waals surface area contributed by atoms with Crippen molar-refractivity contribution in [1.29, 1.82) is 0 Å². The molecular formula is C26H23N5OS. The Morgan fingerprint density at radius 2 is 1.97 bits per heavy atom. The van der Waals surface area contributed by atoms with Crippen molar-refractivity contribution in [3.05, 3.63) is 97.0 Å². The van der Waals surface area contributed by atoms with E-state index in [1.54, 1.807) is 24.3 Å². The van der Waals surface area contributed by atoms with Crippen molar-refractivity contribution in [2.45, 2.75) is 11.8 Å². The molecule has 6 nitrogen and oxygen atoms in total. The highest BCUT2D eigenvalue weighted by Gasteiger charge is 2.14. The number of amides is 2. The Hall–Kier alpha value is -3.84. The lowest BCUT2D eigenvalue weighted by Crippen LogP contribution is -2.28. The van der Waals surface area contributed by atoms with Crippen LogP contribution in [0.4, 0.5) is 10.5 Å². The number of hydrogen-bond donors (Lipinski definition) is 2. The summed E-state index contributed by atoms with van der Waals surface area (Å²) in [5, 5.41) is 7.25. The van der Waals surface area contributed by atoms with Crippen LogP contribution in [0, 0.1) is 0 Å². The first-order valence-corrected chi connectivity index (χ1v) is 11.6. The Balaban J connectivity index is 1.30. The summed E-state index contributed by atoms with van der Waals surface area (Å²) in [5.74, 6) is 0. The predicted molar refractivity (Wildman–Crippen MR) is 137 cm³/mol. The van der Waals surface area contributed by atoms with Crippen molar-refractivity contribution < 1.29 is 4.79 Å². The molecule has 1 atom stereocenters. The van der Waals surface area contributed by atoms with Crippen molar-refractivity contribution in [2.75, 3.05) is 11.9 Å². The molecule has 2 amide bonds. The van der Waals surface area contributed by atoms with E-state index in [1.807, 2.05) is 48.7 Å². The number of benzene rings is 2. The second-order valence-corrected chi connectivity index (χ2v) is 8.88. The van der Waals surface area contributed by atoms with Gasteiger partial charge in [0.15, 0.2) is 0 Å². The third-order valence-corrected chi connectivity index (χ3v) is 6.47. The largest absolute Gasteiger partial charge is 0.334 e. The van der Waals surface area contributed by atoms with E-state index in [2.05, 4.69) is 61.1 Å². The van der Waals surface area contributed by atoms with Crippen molar-refractivity contribution in [3.63, 3.8) is 0 Å². The van der Waals surface area contributed by atoms with Crippen LogP contribution in [0.1, 0.15) is 5.56 Å². The lowest BCUT2D eigenvalue weighted by Gasteiger charge is -2.13. The Bertz CT molecular complexity index is 1310. The molecule has 2 N–H and O–H groups in total. The summed E-state index contributed by atoms with van der Waals surface area (Å²) < 4.78 is 2.23. The minimum atomic E-state index is -0.247. The van der Waals surface area contributed by atoms with Gasteiger partial charge in [-0.1, -0.05) is 42.5 Å². The van der Waals surface area contributed by atoms with E-state index < -0.39 is 0 Å². The summed E-state index contributed by atoms with van der Waals surface area (Å²) in [7, 11) is 0. The second kappa shape index (κ2) is 9.75. The number of aliphatic imine (C=N–C) groups is 1. The van der Waals surface area contributed by atoms with Crippen LogP contribution in [0.15, 0.2) is 96.4 Å². The molecule has 0 saturated heterocycles. The van der Waals surface area contributed by atoms with Gasteiger partial charge in [0, 0.05) is 48.0 Å². The summed E-state index contributed by atoms with van der Waals surface area (Å²) in [6, 6.07) is 19.9. The fourth-order valence-electron chi connectivity index (χ4n) is 3.74. The van der Waals surface area contributed by atoms with Crippen LogP contribution in [0.25, 0.3) is 22.0 Å². The number of carbonyl (C=O) groups excluding carboxylic acids is 1. The average Bonchev–Trinajstić information content (AvgIpc) is 3.23. The molecule has 0 bridgehead atoms. The molecule has 0 fully saturated rings. The monoisotopic (exact) mass is 453 g/mol. The summed E-state index contributed by atoms with van der Waals surface area (Å²) in [6.07, 6.45) is 11.7. The molecule has 7 heteroatoms. The second-order valence-electron chi connectivity index (χ2n) is 7.68. The van der Waals surface area contributed by atoms with E-state index in [9.17, 15) is 4.79 Å². The van der Waals surface area contributed by atoms with E-state index in [4.69, 9.17) is 0 Å². The van der Waals surface area contributed by atoms with Gasteiger partial charge < -0.3 is 10.6 Å². The van der Waals surface area contributed by atoms with Crippen LogP contribution < -0.4 is 10.6 Å². The molecule has 5 rings (SSSR count). The molecule has 1 aliphatic rings. The number of carbonyl (C=O) groups is 1. The van der Waals surface area contributed by atoms with Gasteiger partial charge in [-0.3, -0.25) is 13.9 Å². The fourth-order valence-corrected chi connectivity index (χ4v) is 4.78. The number of urea groups is 1. The standard InChI is InChI=1S/C26H23N5OS/c32-26(29-16-19-5-3-13-27-15-19)30-21-11-9-20(10-12-21)24-18-31(25-8-2-1-7-23(24)25)33-22-6-4-14-28-17-22/h1-15,18,22H,16-17H2,(H2,29,30,32). The molecule has 0 aliphatic carbocycles. The van der Waals surface area contributed by atoms with Crippen molar-refractivity contribution >= 4 is 40.8 Å². The minimum Gasteiger partial charge on any atom is -0.334 e. The molecule has 0 radical (unpaired) electrons. The smallest absolute Gasteiger partial charge is 0.319 e. The van der Waals surface area contributed by atoms with Crippen LogP contribution in [-0.4, -0.2) is 33.0 Å². The average molecular weight is 454 g/mol. The molecule has 1 aliphatic heterocycles. The van der Waals surface area contributed by atoms with Gasteiger partial charge in [-0.2, -0.15) is 0 Å². The molecule has 0 saturated carbocycles. The van der Waals surface area contributed by atoms with Gasteiger partial charge in [0.2, 0.25) is 0 Å². The summed E-state index contributed by atoms with van der Waals surface area (Å²) in [5.41, 5.74) is 5.13. The van der Waals surface area contributed by atoms with Gasteiger partial charge >= 0.3 is 6.03 Å². The minimum absolute atomic E-state index is 0.247. The molecule has 1 unspecified atom stereocenters. The summed E-state index contributed by atoms with van der Waals surface area (Å²) >= 11 is 1.77. The zero-order valence-electron chi connectivity index (χ0n) is 17.9. The van der Waals surface area contributed by atoms with Crippen LogP contribution in [0.2, 0.25) is 0 Å². The van der Waals surface area contributed by atoms with Crippen LogP contribution in [0.5, 0.6) is 0 Å². The first kappa shape index (κ1) is 21.0. The maximum absolute atomic E-state index is 12.2. The van der Waals surface area contributed by atoms with Crippen molar-refractivity contribution in [2.24, 2.45) is 4.99 Å². The van der Waals surface area contributed by atoms with Gasteiger partial charge in [-0.05, 0) is 53.4 Å². The van der Waals surface area contributed by atoms with E-state index in [-0.39, 0.29) is 6.03 Å². The van der Waals surface area contributed by atoms with Gasteiger partial charge in [0.1, 0.15) is 0 Å². The first-order chi connectivity index (χ1) is 16.3. The molecular weight excluding hydrogens is 430 g/mol. The number of aromatic nitrogens is 2. The molecule has 0 spiro atoms. The van der Waals surface area contributed by atoms with E-state index in [1.165, 1.54) is 10.9 Å². The molecule has 3 heterocycles. The lowest BCUT2D eigenvalue weighted by atomic mass is 10.0. The zero-order chi connectivity index (χ0) is 22.5. The highest BCUT2D eigenvalue weighted by atomic mass is 32.2. The number of dihydropyridines is 1. The number of para-hydroxylation sites is 1. The maximum atomic E-state index is 12.2. The van der Waals surface area contributed by atoms with Gasteiger partial charge in [0.05, 0.1) is 17.3 Å². The normalized spacial score (nSPS) is 15.0. The molecule has 2 aromatic carbocycles. The quantitative estimate of drug-likeness (QED) is 0.403. The summed E-state index contributed by atoms with van der Waals surface area (Å²) in [6.45, 7) is 1.21. The number of pyridine rings is 1. The zero-order valence-corrected chi connectivity index (χ0v) is 18.7. The number of fused-ring (bicyclic) bond motifs is 1. The van der Waals surface area contributed by atoms with Crippen LogP contribution in [0.3, 0.4) is 0 Å². The highest BCUT2D eigenvalue weighted by molar-refractivity contribution is 7.98. The number of nitrogens with one attached hydrogen (secondary N) is 2. The van der Waals surface area contributed by atoms with E-state index >= 15 is 0 Å². The van der Waals surface area contributed by atoms with Crippen molar-refractivity contribution in [3.8, 4) is 11.1 Å². The van der Waals surface area contributed by atoms with Gasteiger partial charge in [0.25, 0.3) is 0 Å². The predicted octanol–water partition coefficient (Wildman–Crippen LogP) is 5.53. The number of rotatable bonds is 6. The van der Waals surface area contributed by atoms with E-state index in [0.29, 0.717) is 11.8 Å². The molecule has 33 heavy (non-hydrogen) atoms. The molecule has 2 aromatic heterocycles. The van der Waals surface area contributed by atoms with Crippen molar-refractivity contribution in [1.82, 2.24) is 14.3 Å². The maximum Gasteiger partial charge on any atom is 0.319 e. The third kappa shape index (κ3) is 4.99. The molecule has 164 valence electrons. The number of nitrogens with zero attached hydrogens (tertiary/aromatic N) is 3. The Morgan fingerprint density at radius 3 is 2.76 bits per heavy atom. The topological polar surface area (TPSA) is 71.3 Å². The lowest BCUT2D eigenvalue weighted by molar-refractivity contribution is 0.251. The highest BCUT2D eigenvalue weighted by Crippen LogP contribution is 2.35. The number of allylic oxidation sites excluding steroid dienone is 1. The van der Waals surface area contributed by atoms with Gasteiger partial charge in [-0.15, -0.1) is 0 Å². The van der Waals surface area contributed by atoms with E-state index in [0.717, 1.165) is 28.9 Å². The Labute approximate surface area is 196 Å². The number of hydrogen-bond acceptors (Lipinski definition) is 4. The van der Waals surface area contributed by atoms with Gasteiger partial charge in [-0.25, -0.2) is 4.79 Å².